The molecule has 5 nitrogen and oxygen atoms in total. The summed E-state index contributed by atoms with van der Waals surface area (Å²) in [5.41, 5.74) is 4.59. The van der Waals surface area contributed by atoms with E-state index in [0.717, 1.165) is 16.7 Å². The molecule has 2 N–H and O–H groups in total. The molecule has 0 atom stereocenters. The number of hydrogen-bond acceptors (Lipinski definition) is 4. The maximum atomic E-state index is 14.5. The molecule has 0 aliphatic rings. The molecule has 0 fully saturated rings. The van der Waals surface area contributed by atoms with Crippen molar-refractivity contribution in [3.63, 3.8) is 0 Å². The molecule has 4 rings (SSSR count). The Kier molecular flexibility index (Phi) is 5.84. The number of ketones is 1. The molecule has 156 valence electrons. The second-order valence-corrected chi connectivity index (χ2v) is 8.98. The fraction of sp³-hybridized carbons (Fsp3) is 0. The van der Waals surface area contributed by atoms with Crippen molar-refractivity contribution in [2.75, 3.05) is 5.73 Å². The number of pyridine rings is 1. The zero-order valence-corrected chi connectivity index (χ0v) is 19.8. The van der Waals surface area contributed by atoms with Crippen molar-refractivity contribution in [3.05, 3.63) is 90.2 Å². The van der Waals surface area contributed by atoms with Gasteiger partial charge in [0.25, 0.3) is 5.91 Å². The number of anilines is 1. The van der Waals surface area contributed by atoms with Crippen LogP contribution in [0.25, 0.3) is 11.0 Å². The highest BCUT2D eigenvalue weighted by atomic mass is 127. The lowest BCUT2D eigenvalue weighted by Crippen LogP contribution is -2.14. The third-order valence-electron chi connectivity index (χ3n) is 4.60. The molecule has 4 aromatic rings. The van der Waals surface area contributed by atoms with Crippen LogP contribution < -0.4 is 5.73 Å². The molecule has 2 aromatic heterocycles. The normalized spacial score (nSPS) is 11.1. The Morgan fingerprint density at radius 2 is 1.90 bits per heavy atom. The zero-order chi connectivity index (χ0) is 22.4. The van der Waals surface area contributed by atoms with Crippen LogP contribution in [-0.4, -0.2) is 21.2 Å². The molecule has 0 bridgehead atoms. The third-order valence-corrected chi connectivity index (χ3v) is 6.25. The van der Waals surface area contributed by atoms with Gasteiger partial charge < -0.3 is 5.73 Å². The van der Waals surface area contributed by atoms with Crippen molar-refractivity contribution >= 4 is 78.5 Å². The monoisotopic (exact) mass is 615 g/mol. The van der Waals surface area contributed by atoms with Gasteiger partial charge in [0.2, 0.25) is 5.78 Å². The second-order valence-electron chi connectivity index (χ2n) is 6.49. The summed E-state index contributed by atoms with van der Waals surface area (Å²) in [4.78, 5) is 30.7. The van der Waals surface area contributed by atoms with Gasteiger partial charge in [0.15, 0.2) is 5.82 Å². The molecule has 10 heteroatoms. The molecule has 0 aliphatic heterocycles. The van der Waals surface area contributed by atoms with Crippen molar-refractivity contribution < 1.29 is 18.4 Å². The summed E-state index contributed by atoms with van der Waals surface area (Å²) in [6, 6.07) is 8.46. The Morgan fingerprint density at radius 1 is 1.16 bits per heavy atom. The van der Waals surface area contributed by atoms with E-state index in [1.54, 1.807) is 24.3 Å². The predicted molar refractivity (Wildman–Crippen MR) is 126 cm³/mol. The van der Waals surface area contributed by atoms with Crippen molar-refractivity contribution in [3.8, 4) is 0 Å². The van der Waals surface area contributed by atoms with Crippen LogP contribution in [0.4, 0.5) is 14.5 Å². The Balaban J connectivity index is 1.97. The van der Waals surface area contributed by atoms with Crippen molar-refractivity contribution in [1.82, 2.24) is 9.55 Å². The standard InChI is InChI=1S/C21H10BrClF2IN3O2/c22-9-6-10-11(19(30)17-13(24)4-5-15(27)18(17)25)8-29(20(10)28-7-9)21(31)16-12(23)2-1-3-14(16)26/h1-8H,27H2. The smallest absolute Gasteiger partial charge is 0.266 e. The minimum atomic E-state index is -1.17. The van der Waals surface area contributed by atoms with E-state index in [1.165, 1.54) is 12.4 Å². The molecule has 2 heterocycles. The van der Waals surface area contributed by atoms with Crippen LogP contribution in [-0.2, 0) is 0 Å². The molecule has 0 aliphatic carbocycles. The van der Waals surface area contributed by atoms with Gasteiger partial charge in [-0.25, -0.2) is 13.8 Å². The molecule has 0 unspecified atom stereocenters. The van der Waals surface area contributed by atoms with Crippen LogP contribution >= 0.6 is 50.1 Å². The summed E-state index contributed by atoms with van der Waals surface area (Å²) < 4.78 is 31.1. The first kappa shape index (κ1) is 21.8. The van der Waals surface area contributed by atoms with Gasteiger partial charge in [-0.15, -0.1) is 0 Å². The van der Waals surface area contributed by atoms with Crippen LogP contribution in [0.15, 0.2) is 53.3 Å². The number of nitrogen functional groups attached to an aromatic ring is 1. The maximum Gasteiger partial charge on any atom is 0.266 e. The average Bonchev–Trinajstić information content (AvgIpc) is 3.09. The van der Waals surface area contributed by atoms with Gasteiger partial charge in [-0.2, -0.15) is 0 Å². The quantitative estimate of drug-likeness (QED) is 0.178. The Labute approximate surface area is 201 Å². The molecular formula is C21H10BrClF2IN3O2. The largest absolute Gasteiger partial charge is 0.396 e. The molecule has 0 saturated carbocycles. The Hall–Kier alpha value is -2.37. The first-order valence-electron chi connectivity index (χ1n) is 8.64. The molecule has 2 aromatic carbocycles. The number of carbonyl (C=O) groups excluding carboxylic acids is 2. The molecular weight excluding hydrogens is 607 g/mol. The summed E-state index contributed by atoms with van der Waals surface area (Å²) in [7, 11) is 0. The number of rotatable bonds is 3. The average molecular weight is 617 g/mol. The van der Waals surface area contributed by atoms with E-state index in [2.05, 4.69) is 20.9 Å². The molecule has 0 spiro atoms. The highest BCUT2D eigenvalue weighted by Crippen LogP contribution is 2.30. The van der Waals surface area contributed by atoms with Gasteiger partial charge in [-0.3, -0.25) is 14.2 Å². The van der Waals surface area contributed by atoms with Crippen LogP contribution in [0.3, 0.4) is 0 Å². The number of nitrogens with zero attached hydrogens (tertiary/aromatic N) is 2. The van der Waals surface area contributed by atoms with E-state index >= 15 is 0 Å². The van der Waals surface area contributed by atoms with Gasteiger partial charge >= 0.3 is 0 Å². The van der Waals surface area contributed by atoms with Gasteiger partial charge in [-0.1, -0.05) is 17.7 Å². The SMILES string of the molecule is Nc1ccc(F)c(C(=O)c2cn(C(=O)c3c(Cl)cccc3I)c3ncc(Br)cc23)c1F. The Bertz CT molecular complexity index is 1390. The van der Waals surface area contributed by atoms with Crippen LogP contribution in [0.2, 0.25) is 5.02 Å². The molecule has 0 amide bonds. The predicted octanol–water partition coefficient (Wildman–Crippen LogP) is 5.84. The number of carbonyl (C=O) groups is 2. The highest BCUT2D eigenvalue weighted by molar-refractivity contribution is 14.1. The van der Waals surface area contributed by atoms with E-state index in [4.69, 9.17) is 17.3 Å². The molecule has 31 heavy (non-hydrogen) atoms. The zero-order valence-electron chi connectivity index (χ0n) is 15.3. The van der Waals surface area contributed by atoms with E-state index in [-0.39, 0.29) is 32.9 Å². The van der Waals surface area contributed by atoms with Crippen molar-refractivity contribution in [2.24, 2.45) is 0 Å². The molecule has 0 saturated heterocycles. The van der Waals surface area contributed by atoms with Gasteiger partial charge in [0, 0.05) is 25.8 Å². The minimum absolute atomic E-state index is 0.109. The lowest BCUT2D eigenvalue weighted by Gasteiger charge is -2.07. The summed E-state index contributed by atoms with van der Waals surface area (Å²) in [6.45, 7) is 0. The number of hydrogen-bond donors (Lipinski definition) is 1. The second kappa shape index (κ2) is 8.29. The van der Waals surface area contributed by atoms with E-state index in [1.807, 2.05) is 22.6 Å². The van der Waals surface area contributed by atoms with Crippen molar-refractivity contribution in [2.45, 2.75) is 0 Å². The van der Waals surface area contributed by atoms with Gasteiger partial charge in [-0.05, 0) is 68.9 Å². The Morgan fingerprint density at radius 3 is 2.61 bits per heavy atom. The van der Waals surface area contributed by atoms with Crippen LogP contribution in [0.1, 0.15) is 26.3 Å². The maximum absolute atomic E-state index is 14.5. The van der Waals surface area contributed by atoms with Gasteiger partial charge in [0.05, 0.1) is 27.4 Å². The number of benzene rings is 2. The highest BCUT2D eigenvalue weighted by Gasteiger charge is 2.27. The number of fused-ring (bicyclic) bond motifs is 1. The number of aromatic nitrogens is 2. The lowest BCUT2D eigenvalue weighted by molar-refractivity contribution is 0.0963. The summed E-state index contributed by atoms with van der Waals surface area (Å²) in [5.74, 6) is -3.73. The summed E-state index contributed by atoms with van der Waals surface area (Å²) in [5, 5.41) is 0.452. The first-order valence-corrected chi connectivity index (χ1v) is 10.9. The van der Waals surface area contributed by atoms with Crippen LogP contribution in [0.5, 0.6) is 0 Å². The minimum Gasteiger partial charge on any atom is -0.396 e. The number of nitrogens with two attached hydrogens (primary N) is 1. The third kappa shape index (κ3) is 3.74. The lowest BCUT2D eigenvalue weighted by atomic mass is 10.0. The summed E-state index contributed by atoms with van der Waals surface area (Å²) in [6.07, 6.45) is 2.65. The van der Waals surface area contributed by atoms with E-state index in [0.29, 0.717) is 8.04 Å². The fourth-order valence-electron chi connectivity index (χ4n) is 3.15. The van der Waals surface area contributed by atoms with E-state index < -0.39 is 28.9 Å². The van der Waals surface area contributed by atoms with Crippen molar-refractivity contribution in [1.29, 1.82) is 0 Å². The molecule has 0 radical (unpaired) electrons. The first-order chi connectivity index (χ1) is 14.7. The summed E-state index contributed by atoms with van der Waals surface area (Å²) >= 11 is 11.5. The topological polar surface area (TPSA) is 78.0 Å². The van der Waals surface area contributed by atoms with E-state index in [9.17, 15) is 18.4 Å². The van der Waals surface area contributed by atoms with Crippen LogP contribution in [0, 0.1) is 15.2 Å². The van der Waals surface area contributed by atoms with Gasteiger partial charge in [0.1, 0.15) is 11.5 Å². The fourth-order valence-corrected chi connectivity index (χ4v) is 4.63. The number of halogens is 5.